The molecule has 0 saturated heterocycles. The van der Waals surface area contributed by atoms with E-state index in [1.54, 1.807) is 39.0 Å². The lowest BCUT2D eigenvalue weighted by molar-refractivity contribution is -0.269. The quantitative estimate of drug-likeness (QED) is 0.692. The van der Waals surface area contributed by atoms with Crippen molar-refractivity contribution in [2.24, 2.45) is 4.40 Å². The summed E-state index contributed by atoms with van der Waals surface area (Å²) in [5.41, 5.74) is 2.98. The van der Waals surface area contributed by atoms with Crippen LogP contribution in [0.2, 0.25) is 0 Å². The predicted octanol–water partition coefficient (Wildman–Crippen LogP) is 2.90. The van der Waals surface area contributed by atoms with Crippen molar-refractivity contribution in [1.82, 2.24) is 0 Å². The molecule has 0 spiro atoms. The number of hydrogen-bond donors (Lipinski definition) is 1. The van der Waals surface area contributed by atoms with Gasteiger partial charge in [-0.15, -0.1) is 10.1 Å². The number of hydrogen-bond acceptors (Lipinski definition) is 3. The number of rotatable bonds is 3. The SMILES string of the molecule is CC(=NS(=O)(=O)c1ccc(C)cc1)Nc1cc(C)c([O-])cc1C. The van der Waals surface area contributed by atoms with Gasteiger partial charge in [-0.3, -0.25) is 0 Å². The second kappa shape index (κ2) is 6.42. The third-order valence-electron chi connectivity index (χ3n) is 3.41. The van der Waals surface area contributed by atoms with Gasteiger partial charge in [0.15, 0.2) is 0 Å². The summed E-state index contributed by atoms with van der Waals surface area (Å²) < 4.78 is 28.3. The molecule has 6 heteroatoms. The lowest BCUT2D eigenvalue weighted by Gasteiger charge is -2.16. The predicted molar refractivity (Wildman–Crippen MR) is 90.5 cm³/mol. The standard InChI is InChI=1S/C17H20N2O3S/c1-11-5-7-15(8-6-11)23(21,22)19-14(4)18-16-9-13(3)17(20)10-12(16)2/h5-10,20H,1-4H3,(H,18,19)/p-1. The maximum absolute atomic E-state index is 12.3. The lowest BCUT2D eigenvalue weighted by Crippen LogP contribution is -2.12. The van der Waals surface area contributed by atoms with E-state index >= 15 is 0 Å². The highest BCUT2D eigenvalue weighted by Crippen LogP contribution is 2.23. The molecule has 0 amide bonds. The van der Waals surface area contributed by atoms with Gasteiger partial charge in [-0.1, -0.05) is 29.3 Å². The molecule has 0 unspecified atom stereocenters. The summed E-state index contributed by atoms with van der Waals surface area (Å²) in [6, 6.07) is 9.72. The highest BCUT2D eigenvalue weighted by atomic mass is 32.2. The highest BCUT2D eigenvalue weighted by molar-refractivity contribution is 7.90. The first-order valence-electron chi connectivity index (χ1n) is 7.12. The van der Waals surface area contributed by atoms with Gasteiger partial charge < -0.3 is 10.4 Å². The molecule has 0 atom stereocenters. The number of sulfonamides is 1. The van der Waals surface area contributed by atoms with Crippen molar-refractivity contribution in [2.45, 2.75) is 32.6 Å². The van der Waals surface area contributed by atoms with Crippen LogP contribution < -0.4 is 10.4 Å². The van der Waals surface area contributed by atoms with E-state index in [1.807, 2.05) is 6.92 Å². The molecule has 2 rings (SSSR count). The molecule has 0 bridgehead atoms. The Bertz CT molecular complexity index is 854. The largest absolute Gasteiger partial charge is 0.872 e. The summed E-state index contributed by atoms with van der Waals surface area (Å²) in [5.74, 6) is 0.196. The summed E-state index contributed by atoms with van der Waals surface area (Å²) in [5, 5.41) is 14.5. The van der Waals surface area contributed by atoms with Crippen LogP contribution in [0.4, 0.5) is 5.69 Å². The molecule has 2 aromatic rings. The van der Waals surface area contributed by atoms with Crippen molar-refractivity contribution >= 4 is 21.5 Å². The van der Waals surface area contributed by atoms with Crippen LogP contribution in [0.1, 0.15) is 23.6 Å². The van der Waals surface area contributed by atoms with Crippen LogP contribution in [-0.2, 0) is 10.0 Å². The molecule has 0 aliphatic heterocycles. The maximum Gasteiger partial charge on any atom is 0.283 e. The molecule has 0 aliphatic rings. The molecular weight excluding hydrogens is 312 g/mol. The Hall–Kier alpha value is -2.34. The summed E-state index contributed by atoms with van der Waals surface area (Å²) in [7, 11) is -3.76. The van der Waals surface area contributed by atoms with Gasteiger partial charge in [-0.2, -0.15) is 8.42 Å². The Balaban J connectivity index is 2.29. The summed E-state index contributed by atoms with van der Waals surface area (Å²) in [6.45, 7) is 6.95. The molecule has 122 valence electrons. The smallest absolute Gasteiger partial charge is 0.283 e. The molecule has 0 heterocycles. The van der Waals surface area contributed by atoms with Crippen molar-refractivity contribution in [3.05, 3.63) is 53.1 Å². The fourth-order valence-electron chi connectivity index (χ4n) is 2.09. The Morgan fingerprint density at radius 2 is 1.65 bits per heavy atom. The van der Waals surface area contributed by atoms with Crippen LogP contribution in [0.15, 0.2) is 45.7 Å². The minimum absolute atomic E-state index is 0.0464. The maximum atomic E-state index is 12.3. The molecule has 23 heavy (non-hydrogen) atoms. The zero-order valence-corrected chi connectivity index (χ0v) is 14.4. The second-order valence-electron chi connectivity index (χ2n) is 5.52. The van der Waals surface area contributed by atoms with Crippen molar-refractivity contribution in [1.29, 1.82) is 0 Å². The minimum Gasteiger partial charge on any atom is -0.872 e. The third kappa shape index (κ3) is 4.10. The third-order valence-corrected chi connectivity index (χ3v) is 4.80. The van der Waals surface area contributed by atoms with Gasteiger partial charge in [0.2, 0.25) is 0 Å². The molecule has 0 saturated carbocycles. The van der Waals surface area contributed by atoms with E-state index in [0.29, 0.717) is 11.3 Å². The van der Waals surface area contributed by atoms with Crippen LogP contribution >= 0.6 is 0 Å². The van der Waals surface area contributed by atoms with E-state index in [2.05, 4.69) is 9.71 Å². The van der Waals surface area contributed by atoms with E-state index in [4.69, 9.17) is 0 Å². The van der Waals surface area contributed by atoms with Crippen LogP contribution in [0, 0.1) is 20.8 Å². The van der Waals surface area contributed by atoms with Crippen molar-refractivity contribution in [3.8, 4) is 5.75 Å². The molecule has 5 nitrogen and oxygen atoms in total. The van der Waals surface area contributed by atoms with Gasteiger partial charge in [0.1, 0.15) is 5.84 Å². The Kier molecular flexibility index (Phi) is 4.75. The second-order valence-corrected chi connectivity index (χ2v) is 7.13. The van der Waals surface area contributed by atoms with Crippen molar-refractivity contribution < 1.29 is 13.5 Å². The summed E-state index contributed by atoms with van der Waals surface area (Å²) in [4.78, 5) is 0.145. The summed E-state index contributed by atoms with van der Waals surface area (Å²) in [6.07, 6.45) is 0. The molecular formula is C17H19N2O3S-. The van der Waals surface area contributed by atoms with E-state index < -0.39 is 10.0 Å². The lowest BCUT2D eigenvalue weighted by atomic mass is 10.1. The number of anilines is 1. The Labute approximate surface area is 136 Å². The van der Waals surface area contributed by atoms with Crippen molar-refractivity contribution in [2.75, 3.05) is 5.32 Å². The van der Waals surface area contributed by atoms with E-state index in [-0.39, 0.29) is 16.5 Å². The zero-order valence-electron chi connectivity index (χ0n) is 13.5. The molecule has 2 aromatic carbocycles. The van der Waals surface area contributed by atoms with Gasteiger partial charge in [0.05, 0.1) is 4.90 Å². The van der Waals surface area contributed by atoms with Crippen LogP contribution in [0.25, 0.3) is 0 Å². The first-order chi connectivity index (χ1) is 10.7. The Morgan fingerprint density at radius 1 is 1.04 bits per heavy atom. The van der Waals surface area contributed by atoms with Gasteiger partial charge in [0, 0.05) is 5.69 Å². The first-order valence-corrected chi connectivity index (χ1v) is 8.56. The molecule has 0 aliphatic carbocycles. The average Bonchev–Trinajstić information content (AvgIpc) is 2.44. The number of nitrogens with one attached hydrogen (secondary N) is 1. The molecule has 1 N–H and O–H groups in total. The van der Waals surface area contributed by atoms with Gasteiger partial charge in [-0.05, 0) is 51.5 Å². The number of amidine groups is 1. The van der Waals surface area contributed by atoms with E-state index in [1.165, 1.54) is 18.2 Å². The molecule has 0 fully saturated rings. The highest BCUT2D eigenvalue weighted by Gasteiger charge is 2.13. The van der Waals surface area contributed by atoms with Crippen LogP contribution in [-0.4, -0.2) is 14.3 Å². The number of nitrogens with zero attached hydrogens (tertiary/aromatic N) is 1. The first kappa shape index (κ1) is 17.0. The van der Waals surface area contributed by atoms with Crippen LogP contribution in [0.5, 0.6) is 5.75 Å². The number of aryl methyl sites for hydroxylation is 3. The number of benzene rings is 2. The zero-order chi connectivity index (χ0) is 17.2. The van der Waals surface area contributed by atoms with Crippen molar-refractivity contribution in [3.63, 3.8) is 0 Å². The topological polar surface area (TPSA) is 81.6 Å². The van der Waals surface area contributed by atoms with Gasteiger partial charge >= 0.3 is 0 Å². The average molecular weight is 331 g/mol. The molecule has 0 radical (unpaired) electrons. The fraction of sp³-hybridized carbons (Fsp3) is 0.235. The summed E-state index contributed by atoms with van der Waals surface area (Å²) >= 11 is 0. The minimum atomic E-state index is -3.76. The fourth-order valence-corrected chi connectivity index (χ4v) is 3.08. The Morgan fingerprint density at radius 3 is 2.26 bits per heavy atom. The van der Waals surface area contributed by atoms with E-state index in [9.17, 15) is 13.5 Å². The van der Waals surface area contributed by atoms with E-state index in [0.717, 1.165) is 11.1 Å². The monoisotopic (exact) mass is 331 g/mol. The van der Waals surface area contributed by atoms with Gasteiger partial charge in [-0.25, -0.2) is 0 Å². The normalized spacial score (nSPS) is 12.3. The van der Waals surface area contributed by atoms with Crippen LogP contribution in [0.3, 0.4) is 0 Å². The molecule has 0 aromatic heterocycles. The van der Waals surface area contributed by atoms with Gasteiger partial charge in [0.25, 0.3) is 10.0 Å².